The molecule has 92 valence electrons. The first-order chi connectivity index (χ1) is 7.89. The van der Waals surface area contributed by atoms with Crippen LogP contribution in [0.15, 0.2) is 23.6 Å². The zero-order valence-corrected chi connectivity index (χ0v) is 11.3. The number of carbonyl (C=O) groups excluding carboxylic acids is 2. The predicted octanol–water partition coefficient (Wildman–Crippen LogP) is 3.73. The Morgan fingerprint density at radius 2 is 2.00 bits per heavy atom. The summed E-state index contributed by atoms with van der Waals surface area (Å²) in [5, 5.41) is 1.97. The highest BCUT2D eigenvalue weighted by atomic mass is 32.1. The SMILES string of the molecule is CC(C)(C)C(=O)CCC(=O)/C=C/c1cccs1. The molecule has 0 amide bonds. The highest BCUT2D eigenvalue weighted by Gasteiger charge is 2.20. The van der Waals surface area contributed by atoms with Crippen LogP contribution in [0.1, 0.15) is 38.5 Å². The zero-order valence-electron chi connectivity index (χ0n) is 10.5. The second-order valence-electron chi connectivity index (χ2n) is 4.99. The smallest absolute Gasteiger partial charge is 0.156 e. The Balaban J connectivity index is 2.39. The van der Waals surface area contributed by atoms with Gasteiger partial charge in [0, 0.05) is 23.1 Å². The van der Waals surface area contributed by atoms with E-state index in [1.54, 1.807) is 23.5 Å². The normalized spacial score (nSPS) is 11.9. The Morgan fingerprint density at radius 3 is 2.53 bits per heavy atom. The van der Waals surface area contributed by atoms with Crippen LogP contribution in [0.25, 0.3) is 6.08 Å². The van der Waals surface area contributed by atoms with Crippen molar-refractivity contribution in [1.29, 1.82) is 0 Å². The summed E-state index contributed by atoms with van der Waals surface area (Å²) in [5.41, 5.74) is -0.349. The standard InChI is InChI=1S/C14H18O2S/c1-14(2,3)13(16)9-7-11(15)6-8-12-5-4-10-17-12/h4-6,8,10H,7,9H2,1-3H3/b8-6+. The van der Waals surface area contributed by atoms with Gasteiger partial charge in [0.2, 0.25) is 0 Å². The van der Waals surface area contributed by atoms with Gasteiger partial charge in [-0.3, -0.25) is 9.59 Å². The summed E-state index contributed by atoms with van der Waals surface area (Å²) in [4.78, 5) is 24.2. The molecule has 0 spiro atoms. The van der Waals surface area contributed by atoms with Gasteiger partial charge in [0.05, 0.1) is 0 Å². The van der Waals surface area contributed by atoms with Crippen molar-refractivity contribution in [2.24, 2.45) is 5.41 Å². The summed E-state index contributed by atoms with van der Waals surface area (Å²) in [6.07, 6.45) is 3.99. The first-order valence-corrected chi connectivity index (χ1v) is 6.55. The number of Topliss-reactive ketones (excluding diaryl/α,β-unsaturated/α-hetero) is 1. The molecule has 1 heterocycles. The van der Waals surface area contributed by atoms with Gasteiger partial charge in [-0.05, 0) is 23.6 Å². The molecule has 17 heavy (non-hydrogen) atoms. The van der Waals surface area contributed by atoms with Crippen LogP contribution >= 0.6 is 11.3 Å². The van der Waals surface area contributed by atoms with E-state index in [-0.39, 0.29) is 17.0 Å². The van der Waals surface area contributed by atoms with E-state index in [9.17, 15) is 9.59 Å². The minimum Gasteiger partial charge on any atom is -0.299 e. The van der Waals surface area contributed by atoms with Gasteiger partial charge in [-0.1, -0.05) is 26.8 Å². The van der Waals surface area contributed by atoms with Crippen LogP contribution in [0, 0.1) is 5.41 Å². The number of allylic oxidation sites excluding steroid dienone is 1. The maximum atomic E-state index is 11.6. The molecule has 0 unspecified atom stereocenters. The van der Waals surface area contributed by atoms with E-state index in [1.807, 2.05) is 38.3 Å². The molecule has 0 bridgehead atoms. The minimum atomic E-state index is -0.349. The van der Waals surface area contributed by atoms with Crippen molar-refractivity contribution < 1.29 is 9.59 Å². The minimum absolute atomic E-state index is 0.0102. The first-order valence-electron chi connectivity index (χ1n) is 5.67. The molecule has 0 aromatic carbocycles. The summed E-state index contributed by atoms with van der Waals surface area (Å²) < 4.78 is 0. The summed E-state index contributed by atoms with van der Waals surface area (Å²) in [6.45, 7) is 5.63. The molecule has 0 saturated carbocycles. The number of carbonyl (C=O) groups is 2. The second kappa shape index (κ2) is 5.92. The summed E-state index contributed by atoms with van der Waals surface area (Å²) in [5.74, 6) is 0.145. The van der Waals surface area contributed by atoms with E-state index >= 15 is 0 Å². The molecule has 1 aromatic heterocycles. The maximum absolute atomic E-state index is 11.6. The summed E-state index contributed by atoms with van der Waals surface area (Å²) >= 11 is 1.59. The Hall–Kier alpha value is -1.22. The van der Waals surface area contributed by atoms with Gasteiger partial charge >= 0.3 is 0 Å². The van der Waals surface area contributed by atoms with Gasteiger partial charge < -0.3 is 0 Å². The van der Waals surface area contributed by atoms with Crippen LogP contribution in [0.4, 0.5) is 0 Å². The van der Waals surface area contributed by atoms with Gasteiger partial charge in [0.1, 0.15) is 5.78 Å². The third-order valence-electron chi connectivity index (χ3n) is 2.41. The molecule has 3 heteroatoms. The molecule has 0 saturated heterocycles. The van der Waals surface area contributed by atoms with Crippen LogP contribution in [-0.2, 0) is 9.59 Å². The molecule has 1 aromatic rings. The third-order valence-corrected chi connectivity index (χ3v) is 3.25. The second-order valence-corrected chi connectivity index (χ2v) is 5.97. The molecule has 0 fully saturated rings. The van der Waals surface area contributed by atoms with E-state index in [2.05, 4.69) is 0 Å². The molecule has 0 radical (unpaired) electrons. The summed E-state index contributed by atoms with van der Waals surface area (Å²) in [6, 6.07) is 3.90. The lowest BCUT2D eigenvalue weighted by molar-refractivity contribution is -0.128. The van der Waals surface area contributed by atoms with E-state index in [1.165, 1.54) is 0 Å². The average molecular weight is 250 g/mol. The van der Waals surface area contributed by atoms with Gasteiger partial charge in [-0.2, -0.15) is 0 Å². The van der Waals surface area contributed by atoms with Crippen LogP contribution < -0.4 is 0 Å². The molecule has 0 aliphatic heterocycles. The lowest BCUT2D eigenvalue weighted by atomic mass is 9.88. The van der Waals surface area contributed by atoms with Crippen molar-refractivity contribution in [3.63, 3.8) is 0 Å². The molecular weight excluding hydrogens is 232 g/mol. The highest BCUT2D eigenvalue weighted by molar-refractivity contribution is 7.10. The van der Waals surface area contributed by atoms with E-state index < -0.39 is 0 Å². The van der Waals surface area contributed by atoms with Gasteiger partial charge in [-0.15, -0.1) is 11.3 Å². The zero-order chi connectivity index (χ0) is 12.9. The Morgan fingerprint density at radius 1 is 1.29 bits per heavy atom. The van der Waals surface area contributed by atoms with Crippen molar-refractivity contribution in [1.82, 2.24) is 0 Å². The quantitative estimate of drug-likeness (QED) is 0.746. The molecule has 0 atom stereocenters. The van der Waals surface area contributed by atoms with Crippen LogP contribution in [0.3, 0.4) is 0 Å². The van der Waals surface area contributed by atoms with E-state index in [4.69, 9.17) is 0 Å². The largest absolute Gasteiger partial charge is 0.299 e. The van der Waals surface area contributed by atoms with E-state index in [0.717, 1.165) is 4.88 Å². The number of ketones is 2. The molecular formula is C14H18O2S. The molecule has 0 aliphatic carbocycles. The first kappa shape index (κ1) is 13.8. The highest BCUT2D eigenvalue weighted by Crippen LogP contribution is 2.18. The van der Waals surface area contributed by atoms with Gasteiger partial charge in [-0.25, -0.2) is 0 Å². The number of thiophene rings is 1. The van der Waals surface area contributed by atoms with Crippen molar-refractivity contribution in [2.45, 2.75) is 33.6 Å². The molecule has 0 N–H and O–H groups in total. The average Bonchev–Trinajstić information content (AvgIpc) is 2.74. The van der Waals surface area contributed by atoms with Crippen molar-refractivity contribution >= 4 is 29.0 Å². The molecule has 1 rings (SSSR count). The number of rotatable bonds is 5. The maximum Gasteiger partial charge on any atom is 0.156 e. The van der Waals surface area contributed by atoms with E-state index in [0.29, 0.717) is 12.8 Å². The van der Waals surface area contributed by atoms with Crippen molar-refractivity contribution in [3.05, 3.63) is 28.5 Å². The molecule has 2 nitrogen and oxygen atoms in total. The van der Waals surface area contributed by atoms with Crippen LogP contribution in [0.2, 0.25) is 0 Å². The molecule has 0 aliphatic rings. The topological polar surface area (TPSA) is 34.1 Å². The van der Waals surface area contributed by atoms with Crippen molar-refractivity contribution in [2.75, 3.05) is 0 Å². The Kier molecular flexibility index (Phi) is 4.82. The Labute approximate surface area is 106 Å². The van der Waals surface area contributed by atoms with Crippen molar-refractivity contribution in [3.8, 4) is 0 Å². The summed E-state index contributed by atoms with van der Waals surface area (Å²) in [7, 11) is 0. The lowest BCUT2D eigenvalue weighted by Gasteiger charge is -2.15. The van der Waals surface area contributed by atoms with Gasteiger partial charge in [0.15, 0.2) is 5.78 Å². The fraction of sp³-hybridized carbons (Fsp3) is 0.429. The van der Waals surface area contributed by atoms with Crippen LogP contribution in [0.5, 0.6) is 0 Å². The lowest BCUT2D eigenvalue weighted by Crippen LogP contribution is -2.20. The predicted molar refractivity (Wildman–Crippen MR) is 72.1 cm³/mol. The number of hydrogen-bond acceptors (Lipinski definition) is 3. The monoisotopic (exact) mass is 250 g/mol. The number of hydrogen-bond donors (Lipinski definition) is 0. The Bertz CT molecular complexity index is 408. The third kappa shape index (κ3) is 5.09. The van der Waals surface area contributed by atoms with Crippen LogP contribution in [-0.4, -0.2) is 11.6 Å². The fourth-order valence-corrected chi connectivity index (χ4v) is 1.87. The van der Waals surface area contributed by atoms with Gasteiger partial charge in [0.25, 0.3) is 0 Å². The fourth-order valence-electron chi connectivity index (χ4n) is 1.26.